The number of amides is 1. The van der Waals surface area contributed by atoms with Gasteiger partial charge in [0.25, 0.3) is 5.91 Å². The van der Waals surface area contributed by atoms with Gasteiger partial charge in [-0.3, -0.25) is 9.78 Å². The lowest BCUT2D eigenvalue weighted by Gasteiger charge is -2.18. The monoisotopic (exact) mass is 277 g/mol. The molecule has 112 valence electrons. The molecule has 0 fully saturated rings. The van der Waals surface area contributed by atoms with E-state index in [9.17, 15) is 4.79 Å². The Labute approximate surface area is 122 Å². The van der Waals surface area contributed by atoms with Gasteiger partial charge < -0.3 is 10.6 Å². The van der Waals surface area contributed by atoms with E-state index in [-0.39, 0.29) is 11.9 Å². The predicted octanol–water partition coefficient (Wildman–Crippen LogP) is 3.46. The first-order valence-electron chi connectivity index (χ1n) is 7.57. The molecule has 2 unspecified atom stereocenters. The van der Waals surface area contributed by atoms with E-state index in [4.69, 9.17) is 0 Å². The molecule has 0 spiro atoms. The third kappa shape index (κ3) is 5.19. The Kier molecular flexibility index (Phi) is 7.05. The maximum atomic E-state index is 12.3. The highest BCUT2D eigenvalue weighted by Gasteiger charge is 2.15. The minimum absolute atomic E-state index is 0.0261. The standard InChI is InChI=1S/C16H27N3O/c1-5-8-18-15-11-17-9-7-14(15)16(20)19-13(4)10-12(3)6-2/h7,9,11-13,18H,5-6,8,10H2,1-4H3,(H,19,20). The number of nitrogens with one attached hydrogen (secondary N) is 2. The molecule has 0 aliphatic heterocycles. The van der Waals surface area contributed by atoms with Crippen LogP contribution in [0.1, 0.15) is 57.3 Å². The molecule has 2 N–H and O–H groups in total. The number of anilines is 1. The van der Waals surface area contributed by atoms with Gasteiger partial charge in [0.15, 0.2) is 0 Å². The summed E-state index contributed by atoms with van der Waals surface area (Å²) in [6, 6.07) is 1.95. The minimum atomic E-state index is -0.0261. The summed E-state index contributed by atoms with van der Waals surface area (Å²) < 4.78 is 0. The molecule has 0 aromatic carbocycles. The third-order valence-corrected chi connectivity index (χ3v) is 3.46. The van der Waals surface area contributed by atoms with Gasteiger partial charge in [0.1, 0.15) is 0 Å². The molecule has 4 heteroatoms. The van der Waals surface area contributed by atoms with Gasteiger partial charge in [-0.15, -0.1) is 0 Å². The number of nitrogens with zero attached hydrogens (tertiary/aromatic N) is 1. The Morgan fingerprint density at radius 1 is 1.35 bits per heavy atom. The number of hydrogen-bond acceptors (Lipinski definition) is 3. The highest BCUT2D eigenvalue weighted by atomic mass is 16.1. The maximum Gasteiger partial charge on any atom is 0.253 e. The fraction of sp³-hybridized carbons (Fsp3) is 0.625. The van der Waals surface area contributed by atoms with Gasteiger partial charge in [-0.25, -0.2) is 0 Å². The number of pyridine rings is 1. The molecule has 0 aliphatic rings. The lowest BCUT2D eigenvalue weighted by Crippen LogP contribution is -2.34. The fourth-order valence-electron chi connectivity index (χ4n) is 2.12. The van der Waals surface area contributed by atoms with Gasteiger partial charge in [0.05, 0.1) is 17.4 Å². The van der Waals surface area contributed by atoms with Crippen molar-refractivity contribution in [1.82, 2.24) is 10.3 Å². The zero-order valence-corrected chi connectivity index (χ0v) is 13.1. The number of hydrogen-bond donors (Lipinski definition) is 2. The molecule has 0 radical (unpaired) electrons. The van der Waals surface area contributed by atoms with Crippen LogP contribution in [0.2, 0.25) is 0 Å². The first-order chi connectivity index (χ1) is 9.58. The molecule has 0 aliphatic carbocycles. The predicted molar refractivity (Wildman–Crippen MR) is 84.0 cm³/mol. The van der Waals surface area contributed by atoms with Crippen LogP contribution < -0.4 is 10.6 Å². The Balaban J connectivity index is 2.67. The third-order valence-electron chi connectivity index (χ3n) is 3.46. The summed E-state index contributed by atoms with van der Waals surface area (Å²) in [6.45, 7) is 9.38. The largest absolute Gasteiger partial charge is 0.383 e. The average Bonchev–Trinajstić information content (AvgIpc) is 2.44. The van der Waals surface area contributed by atoms with E-state index < -0.39 is 0 Å². The smallest absolute Gasteiger partial charge is 0.253 e. The number of carbonyl (C=O) groups excluding carboxylic acids is 1. The van der Waals surface area contributed by atoms with Crippen LogP contribution in [0.25, 0.3) is 0 Å². The maximum absolute atomic E-state index is 12.3. The van der Waals surface area contributed by atoms with Crippen LogP contribution in [-0.4, -0.2) is 23.5 Å². The molecule has 0 bridgehead atoms. The zero-order chi connectivity index (χ0) is 15.0. The van der Waals surface area contributed by atoms with E-state index in [2.05, 4.69) is 43.3 Å². The second-order valence-corrected chi connectivity index (χ2v) is 5.47. The van der Waals surface area contributed by atoms with Crippen molar-refractivity contribution in [2.24, 2.45) is 5.92 Å². The minimum Gasteiger partial charge on any atom is -0.383 e. The summed E-state index contributed by atoms with van der Waals surface area (Å²) in [5.74, 6) is 0.599. The van der Waals surface area contributed by atoms with Crippen LogP contribution in [-0.2, 0) is 0 Å². The molecule has 2 atom stereocenters. The van der Waals surface area contributed by atoms with Crippen molar-refractivity contribution in [3.8, 4) is 0 Å². The van der Waals surface area contributed by atoms with E-state index in [0.29, 0.717) is 11.5 Å². The van der Waals surface area contributed by atoms with Gasteiger partial charge in [-0.1, -0.05) is 27.2 Å². The van der Waals surface area contributed by atoms with Gasteiger partial charge in [0, 0.05) is 18.8 Å². The van der Waals surface area contributed by atoms with Crippen molar-refractivity contribution in [3.05, 3.63) is 24.0 Å². The highest BCUT2D eigenvalue weighted by Crippen LogP contribution is 2.15. The molecule has 1 aromatic rings. The average molecular weight is 277 g/mol. The van der Waals surface area contributed by atoms with Gasteiger partial charge in [-0.05, 0) is 31.7 Å². The molecular weight excluding hydrogens is 250 g/mol. The quantitative estimate of drug-likeness (QED) is 0.765. The molecule has 1 amide bonds. The second kappa shape index (κ2) is 8.56. The first kappa shape index (κ1) is 16.5. The summed E-state index contributed by atoms with van der Waals surface area (Å²) >= 11 is 0. The van der Waals surface area contributed by atoms with Crippen molar-refractivity contribution in [1.29, 1.82) is 0 Å². The molecule has 0 saturated carbocycles. The van der Waals surface area contributed by atoms with E-state index in [1.807, 2.05) is 0 Å². The fourth-order valence-corrected chi connectivity index (χ4v) is 2.12. The molecular formula is C16H27N3O. The van der Waals surface area contributed by atoms with Crippen LogP contribution in [0.4, 0.5) is 5.69 Å². The second-order valence-electron chi connectivity index (χ2n) is 5.47. The van der Waals surface area contributed by atoms with Crippen molar-refractivity contribution >= 4 is 11.6 Å². The van der Waals surface area contributed by atoms with Gasteiger partial charge in [0.2, 0.25) is 0 Å². The zero-order valence-electron chi connectivity index (χ0n) is 13.1. The SMILES string of the molecule is CCCNc1cnccc1C(=O)NC(C)CC(C)CC. The van der Waals surface area contributed by atoms with E-state index in [0.717, 1.165) is 31.5 Å². The van der Waals surface area contributed by atoms with Crippen LogP contribution >= 0.6 is 0 Å². The molecule has 20 heavy (non-hydrogen) atoms. The van der Waals surface area contributed by atoms with Crippen molar-refractivity contribution in [2.75, 3.05) is 11.9 Å². The van der Waals surface area contributed by atoms with Crippen LogP contribution in [0.15, 0.2) is 18.5 Å². The Morgan fingerprint density at radius 2 is 2.10 bits per heavy atom. The summed E-state index contributed by atoms with van der Waals surface area (Å²) in [6.07, 6.45) is 6.53. The molecule has 4 nitrogen and oxygen atoms in total. The van der Waals surface area contributed by atoms with Crippen LogP contribution in [0.5, 0.6) is 0 Å². The van der Waals surface area contributed by atoms with Gasteiger partial charge in [-0.2, -0.15) is 0 Å². The van der Waals surface area contributed by atoms with E-state index in [1.165, 1.54) is 0 Å². The molecule has 0 saturated heterocycles. The Morgan fingerprint density at radius 3 is 2.75 bits per heavy atom. The molecule has 1 rings (SSSR count). The van der Waals surface area contributed by atoms with Crippen LogP contribution in [0.3, 0.4) is 0 Å². The summed E-state index contributed by atoms with van der Waals surface area (Å²) in [7, 11) is 0. The number of aromatic nitrogens is 1. The number of carbonyl (C=O) groups is 1. The Hall–Kier alpha value is -1.58. The molecule has 1 aromatic heterocycles. The van der Waals surface area contributed by atoms with E-state index in [1.54, 1.807) is 18.5 Å². The topological polar surface area (TPSA) is 54.0 Å². The van der Waals surface area contributed by atoms with E-state index >= 15 is 0 Å². The first-order valence-corrected chi connectivity index (χ1v) is 7.57. The normalized spacial score (nSPS) is 13.6. The van der Waals surface area contributed by atoms with Crippen LogP contribution in [0, 0.1) is 5.92 Å². The lowest BCUT2D eigenvalue weighted by atomic mass is 10.00. The van der Waals surface area contributed by atoms with Gasteiger partial charge >= 0.3 is 0 Å². The van der Waals surface area contributed by atoms with Crippen molar-refractivity contribution < 1.29 is 4.79 Å². The summed E-state index contributed by atoms with van der Waals surface area (Å²) in [5, 5.41) is 6.32. The summed E-state index contributed by atoms with van der Waals surface area (Å²) in [4.78, 5) is 16.4. The van der Waals surface area contributed by atoms with Crippen molar-refractivity contribution in [3.63, 3.8) is 0 Å². The lowest BCUT2D eigenvalue weighted by molar-refractivity contribution is 0.0936. The highest BCUT2D eigenvalue weighted by molar-refractivity contribution is 5.99. The number of rotatable bonds is 8. The summed E-state index contributed by atoms with van der Waals surface area (Å²) in [5.41, 5.74) is 1.48. The molecule has 1 heterocycles. The Bertz CT molecular complexity index is 420. The van der Waals surface area contributed by atoms with Crippen molar-refractivity contribution in [2.45, 2.75) is 53.0 Å².